The Labute approximate surface area is 232 Å². The third-order valence-corrected chi connectivity index (χ3v) is 7.20. The van der Waals surface area contributed by atoms with Gasteiger partial charge >= 0.3 is 0 Å². The molecule has 6 nitrogen and oxygen atoms in total. The van der Waals surface area contributed by atoms with Gasteiger partial charge in [0.15, 0.2) is 0 Å². The Morgan fingerprint density at radius 3 is 2.38 bits per heavy atom. The zero-order valence-corrected chi connectivity index (χ0v) is 22.2. The number of benzene rings is 4. The third kappa shape index (κ3) is 5.77. The fourth-order valence-corrected chi connectivity index (χ4v) is 5.14. The lowest BCUT2D eigenvalue weighted by Crippen LogP contribution is -2.20. The van der Waals surface area contributed by atoms with E-state index >= 15 is 0 Å². The van der Waals surface area contributed by atoms with Gasteiger partial charge < -0.3 is 10.6 Å². The van der Waals surface area contributed by atoms with E-state index in [0.717, 1.165) is 58.7 Å². The van der Waals surface area contributed by atoms with Crippen molar-refractivity contribution in [1.29, 1.82) is 0 Å². The number of para-hydroxylation sites is 1. The summed E-state index contributed by atoms with van der Waals surface area (Å²) in [5.74, 6) is 0.331. The number of carbonyl (C=O) groups is 1. The molecule has 39 heavy (non-hydrogen) atoms. The molecule has 194 valence electrons. The molecule has 1 aliphatic rings. The highest BCUT2D eigenvalue weighted by molar-refractivity contribution is 6.31. The highest BCUT2D eigenvalue weighted by Crippen LogP contribution is 2.30. The summed E-state index contributed by atoms with van der Waals surface area (Å²) < 4.78 is 0. The molecule has 0 saturated carbocycles. The normalized spacial score (nSPS) is 13.5. The second-order valence-corrected chi connectivity index (χ2v) is 10.2. The maximum atomic E-state index is 13.1. The van der Waals surface area contributed by atoms with E-state index in [9.17, 15) is 4.79 Å². The van der Waals surface area contributed by atoms with E-state index < -0.39 is 0 Å². The molecule has 4 aromatic carbocycles. The molecule has 0 radical (unpaired) electrons. The summed E-state index contributed by atoms with van der Waals surface area (Å²) in [5.41, 5.74) is 5.93. The number of rotatable bonds is 7. The summed E-state index contributed by atoms with van der Waals surface area (Å²) in [4.78, 5) is 25.0. The predicted molar refractivity (Wildman–Crippen MR) is 159 cm³/mol. The second-order valence-electron chi connectivity index (χ2n) is 9.72. The molecule has 0 unspecified atom stereocenters. The van der Waals surface area contributed by atoms with Gasteiger partial charge in [-0.1, -0.05) is 60.1 Å². The topological polar surface area (TPSA) is 70.2 Å². The van der Waals surface area contributed by atoms with Crippen LogP contribution in [-0.2, 0) is 6.54 Å². The van der Waals surface area contributed by atoms with Crippen molar-refractivity contribution in [3.05, 3.63) is 113 Å². The molecule has 7 heteroatoms. The summed E-state index contributed by atoms with van der Waals surface area (Å²) in [6.07, 6.45) is 2.47. The maximum Gasteiger partial charge on any atom is 0.255 e. The highest BCUT2D eigenvalue weighted by Gasteiger charge is 2.16. The van der Waals surface area contributed by atoms with Crippen molar-refractivity contribution in [2.24, 2.45) is 0 Å². The van der Waals surface area contributed by atoms with Crippen molar-refractivity contribution < 1.29 is 4.79 Å². The Kier molecular flexibility index (Phi) is 7.21. The number of likely N-dealkylation sites (tertiary alicyclic amines) is 1. The molecule has 1 aliphatic heterocycles. The molecular weight excluding hydrogens is 506 g/mol. The molecular formula is C32H28ClN5O. The molecule has 2 N–H and O–H groups in total. The highest BCUT2D eigenvalue weighted by atomic mass is 35.5. The SMILES string of the molecule is O=C(Nc1ccccc1CN1CCCC1)c1ccc(Nc2nc(-c3ccccc3)c3cc(Cl)ccc3n2)cc1. The number of amides is 1. The first-order valence-electron chi connectivity index (χ1n) is 13.1. The number of hydrogen-bond acceptors (Lipinski definition) is 5. The monoisotopic (exact) mass is 533 g/mol. The summed E-state index contributed by atoms with van der Waals surface area (Å²) in [7, 11) is 0. The van der Waals surface area contributed by atoms with Gasteiger partial charge in [-0.25, -0.2) is 9.97 Å². The molecule has 1 saturated heterocycles. The van der Waals surface area contributed by atoms with Gasteiger partial charge in [-0.15, -0.1) is 0 Å². The van der Waals surface area contributed by atoms with Crippen molar-refractivity contribution in [3.8, 4) is 11.3 Å². The van der Waals surface area contributed by atoms with E-state index in [1.54, 1.807) is 12.1 Å². The molecule has 1 amide bonds. The van der Waals surface area contributed by atoms with Gasteiger partial charge in [0.2, 0.25) is 5.95 Å². The average molecular weight is 534 g/mol. The van der Waals surface area contributed by atoms with Crippen LogP contribution in [0.25, 0.3) is 22.2 Å². The number of hydrogen-bond donors (Lipinski definition) is 2. The van der Waals surface area contributed by atoms with E-state index in [0.29, 0.717) is 16.5 Å². The van der Waals surface area contributed by atoms with E-state index in [-0.39, 0.29) is 5.91 Å². The summed E-state index contributed by atoms with van der Waals surface area (Å²) >= 11 is 6.28. The number of aromatic nitrogens is 2. The van der Waals surface area contributed by atoms with Crippen LogP contribution in [0.1, 0.15) is 28.8 Å². The van der Waals surface area contributed by atoms with E-state index in [4.69, 9.17) is 21.6 Å². The Morgan fingerprint density at radius 2 is 1.59 bits per heavy atom. The standard InChI is InChI=1S/C32H28ClN5O/c33-25-14-17-29-27(20-25)30(22-8-2-1-3-9-22)37-32(36-29)34-26-15-12-23(13-16-26)31(39)35-28-11-5-4-10-24(28)21-38-18-6-7-19-38/h1-5,8-17,20H,6-7,18-19,21H2,(H,35,39)(H,34,36,37). The smallest absolute Gasteiger partial charge is 0.255 e. The van der Waals surface area contributed by atoms with Crippen LogP contribution in [0.2, 0.25) is 5.02 Å². The minimum Gasteiger partial charge on any atom is -0.324 e. The molecule has 1 aromatic heterocycles. The summed E-state index contributed by atoms with van der Waals surface area (Å²) in [5, 5.41) is 7.91. The number of nitrogens with zero attached hydrogens (tertiary/aromatic N) is 3. The third-order valence-electron chi connectivity index (χ3n) is 6.97. The van der Waals surface area contributed by atoms with Crippen LogP contribution in [-0.4, -0.2) is 33.9 Å². The van der Waals surface area contributed by atoms with Crippen molar-refractivity contribution >= 4 is 45.7 Å². The van der Waals surface area contributed by atoms with Crippen LogP contribution in [0.4, 0.5) is 17.3 Å². The lowest BCUT2D eigenvalue weighted by molar-refractivity contribution is 0.102. The van der Waals surface area contributed by atoms with Gasteiger partial charge in [0.25, 0.3) is 5.91 Å². The minimum absolute atomic E-state index is 0.138. The number of halogens is 1. The van der Waals surface area contributed by atoms with Gasteiger partial charge in [-0.05, 0) is 80.0 Å². The largest absolute Gasteiger partial charge is 0.324 e. The second kappa shape index (κ2) is 11.2. The Bertz CT molecular complexity index is 1620. The molecule has 0 atom stereocenters. The van der Waals surface area contributed by atoms with Crippen molar-refractivity contribution in [1.82, 2.24) is 14.9 Å². The molecule has 0 spiro atoms. The molecule has 1 fully saturated rings. The van der Waals surface area contributed by atoms with Gasteiger partial charge in [0.1, 0.15) is 0 Å². The fraction of sp³-hybridized carbons (Fsp3) is 0.156. The van der Waals surface area contributed by atoms with Crippen LogP contribution in [0.15, 0.2) is 97.1 Å². The van der Waals surface area contributed by atoms with Gasteiger partial charge in [0, 0.05) is 39.5 Å². The van der Waals surface area contributed by atoms with E-state index in [1.807, 2.05) is 78.9 Å². The lowest BCUT2D eigenvalue weighted by atomic mass is 10.1. The van der Waals surface area contributed by atoms with Crippen molar-refractivity contribution in [2.45, 2.75) is 19.4 Å². The van der Waals surface area contributed by atoms with Crippen LogP contribution in [0, 0.1) is 0 Å². The van der Waals surface area contributed by atoms with Crippen LogP contribution < -0.4 is 10.6 Å². The predicted octanol–water partition coefficient (Wildman–Crippen LogP) is 7.54. The first-order chi connectivity index (χ1) is 19.1. The zero-order valence-electron chi connectivity index (χ0n) is 21.4. The number of carbonyl (C=O) groups excluding carboxylic acids is 1. The average Bonchev–Trinajstić information content (AvgIpc) is 3.48. The van der Waals surface area contributed by atoms with Crippen LogP contribution in [0.3, 0.4) is 0 Å². The molecule has 0 aliphatic carbocycles. The van der Waals surface area contributed by atoms with Crippen LogP contribution in [0.5, 0.6) is 0 Å². The molecule has 6 rings (SSSR count). The van der Waals surface area contributed by atoms with Crippen molar-refractivity contribution in [2.75, 3.05) is 23.7 Å². The maximum absolute atomic E-state index is 13.1. The minimum atomic E-state index is -0.138. The molecule has 0 bridgehead atoms. The van der Waals surface area contributed by atoms with Gasteiger partial charge in [0.05, 0.1) is 11.2 Å². The van der Waals surface area contributed by atoms with Crippen molar-refractivity contribution in [3.63, 3.8) is 0 Å². The molecule has 5 aromatic rings. The zero-order chi connectivity index (χ0) is 26.6. The number of nitrogens with one attached hydrogen (secondary N) is 2. The Hall–Kier alpha value is -4.26. The Balaban J connectivity index is 1.20. The fourth-order valence-electron chi connectivity index (χ4n) is 4.96. The van der Waals surface area contributed by atoms with Crippen LogP contribution >= 0.6 is 11.6 Å². The number of anilines is 3. The first kappa shape index (κ1) is 25.0. The summed E-state index contributed by atoms with van der Waals surface area (Å²) in [6, 6.07) is 30.9. The van der Waals surface area contributed by atoms with E-state index in [1.165, 1.54) is 12.8 Å². The molecule has 2 heterocycles. The quantitative estimate of drug-likeness (QED) is 0.226. The number of fused-ring (bicyclic) bond motifs is 1. The Morgan fingerprint density at radius 1 is 0.846 bits per heavy atom. The van der Waals surface area contributed by atoms with Gasteiger partial charge in [-0.3, -0.25) is 9.69 Å². The first-order valence-corrected chi connectivity index (χ1v) is 13.5. The van der Waals surface area contributed by atoms with E-state index in [2.05, 4.69) is 21.6 Å². The summed E-state index contributed by atoms with van der Waals surface area (Å²) in [6.45, 7) is 3.07. The lowest BCUT2D eigenvalue weighted by Gasteiger charge is -2.18. The van der Waals surface area contributed by atoms with Gasteiger partial charge in [-0.2, -0.15) is 0 Å².